The summed E-state index contributed by atoms with van der Waals surface area (Å²) in [6.07, 6.45) is 4.48. The van der Waals surface area contributed by atoms with Crippen LogP contribution in [0.5, 0.6) is 0 Å². The molecule has 0 aromatic carbocycles. The number of rotatable bonds is 7. The number of aromatic nitrogens is 2. The third kappa shape index (κ3) is 5.45. The molecular weight excluding hydrogens is 356 g/mol. The zero-order valence-corrected chi connectivity index (χ0v) is 16.9. The lowest BCUT2D eigenvalue weighted by atomic mass is 10.1. The maximum absolute atomic E-state index is 12.1. The lowest BCUT2D eigenvalue weighted by Gasteiger charge is -2.34. The van der Waals surface area contributed by atoms with E-state index in [0.29, 0.717) is 6.54 Å². The van der Waals surface area contributed by atoms with E-state index in [1.165, 1.54) is 0 Å². The molecule has 0 spiro atoms. The van der Waals surface area contributed by atoms with Crippen LogP contribution in [-0.4, -0.2) is 60.2 Å². The second-order valence-corrected chi connectivity index (χ2v) is 7.22. The van der Waals surface area contributed by atoms with Crippen molar-refractivity contribution in [3.63, 3.8) is 0 Å². The van der Waals surface area contributed by atoms with E-state index < -0.39 is 0 Å². The normalized spacial score (nSPS) is 16.0. The molecule has 1 saturated heterocycles. The molecule has 28 heavy (non-hydrogen) atoms. The summed E-state index contributed by atoms with van der Waals surface area (Å²) in [7, 11) is 0. The first kappa shape index (κ1) is 20.1. The van der Waals surface area contributed by atoms with Gasteiger partial charge in [0, 0.05) is 50.7 Å². The molecule has 0 bridgehead atoms. The van der Waals surface area contributed by atoms with Crippen LogP contribution in [-0.2, 0) is 0 Å². The number of aryl methyl sites for hydroxylation is 2. The Morgan fingerprint density at radius 2 is 1.93 bits per heavy atom. The van der Waals surface area contributed by atoms with Gasteiger partial charge < -0.3 is 20.0 Å². The first-order chi connectivity index (χ1) is 13.5. The van der Waals surface area contributed by atoms with Crippen molar-refractivity contribution in [3.8, 4) is 0 Å². The molecule has 0 saturated carbocycles. The molecule has 1 fully saturated rings. The number of anilines is 1. The summed E-state index contributed by atoms with van der Waals surface area (Å²) in [5.74, 6) is 2.52. The number of carbonyl (C=O) groups is 1. The van der Waals surface area contributed by atoms with Crippen molar-refractivity contribution in [1.29, 1.82) is 0 Å². The summed E-state index contributed by atoms with van der Waals surface area (Å²) in [5.41, 5.74) is 1.02. The molecule has 8 nitrogen and oxygen atoms in total. The minimum atomic E-state index is -0.142. The van der Waals surface area contributed by atoms with E-state index >= 15 is 0 Å². The number of piperazine rings is 1. The average Bonchev–Trinajstić information content (AvgIpc) is 3.04. The Morgan fingerprint density at radius 3 is 2.57 bits per heavy atom. The molecule has 2 aromatic heterocycles. The molecule has 3 heterocycles. The highest BCUT2D eigenvalue weighted by Crippen LogP contribution is 2.20. The van der Waals surface area contributed by atoms with Gasteiger partial charge in [0.25, 0.3) is 0 Å². The number of urea groups is 1. The van der Waals surface area contributed by atoms with E-state index in [1.54, 1.807) is 12.4 Å². The van der Waals surface area contributed by atoms with Gasteiger partial charge >= 0.3 is 6.03 Å². The van der Waals surface area contributed by atoms with Crippen LogP contribution in [0.1, 0.15) is 36.5 Å². The summed E-state index contributed by atoms with van der Waals surface area (Å²) in [5, 5.41) is 5.91. The minimum absolute atomic E-state index is 0.0780. The Hall–Kier alpha value is -2.61. The van der Waals surface area contributed by atoms with Crippen molar-refractivity contribution in [2.45, 2.75) is 33.2 Å². The fraction of sp³-hybridized carbons (Fsp3) is 0.550. The van der Waals surface area contributed by atoms with Gasteiger partial charge in [-0.05, 0) is 45.9 Å². The summed E-state index contributed by atoms with van der Waals surface area (Å²) in [4.78, 5) is 25.4. The number of hydrogen-bond acceptors (Lipinski definition) is 6. The molecule has 1 aliphatic rings. The Bertz CT molecular complexity index is 755. The first-order valence-electron chi connectivity index (χ1n) is 9.88. The van der Waals surface area contributed by atoms with Gasteiger partial charge in [-0.15, -0.1) is 0 Å². The molecular formula is C20H30N6O2. The van der Waals surface area contributed by atoms with E-state index in [-0.39, 0.29) is 12.1 Å². The van der Waals surface area contributed by atoms with Gasteiger partial charge in [-0.2, -0.15) is 0 Å². The lowest BCUT2D eigenvalue weighted by Crippen LogP contribution is -2.47. The van der Waals surface area contributed by atoms with Crippen LogP contribution < -0.4 is 15.5 Å². The van der Waals surface area contributed by atoms with Crippen molar-refractivity contribution in [2.24, 2.45) is 0 Å². The van der Waals surface area contributed by atoms with Gasteiger partial charge in [0.05, 0.1) is 6.04 Å². The summed E-state index contributed by atoms with van der Waals surface area (Å²) < 4.78 is 5.53. The van der Waals surface area contributed by atoms with Gasteiger partial charge in [-0.1, -0.05) is 0 Å². The van der Waals surface area contributed by atoms with Crippen LogP contribution in [0.4, 0.5) is 10.7 Å². The van der Waals surface area contributed by atoms with E-state index in [2.05, 4.69) is 30.4 Å². The number of carbonyl (C=O) groups excluding carboxylic acids is 1. The van der Waals surface area contributed by atoms with Crippen LogP contribution >= 0.6 is 0 Å². The lowest BCUT2D eigenvalue weighted by molar-refractivity contribution is 0.233. The molecule has 8 heteroatoms. The number of furan rings is 1. The van der Waals surface area contributed by atoms with Crippen LogP contribution in [0.3, 0.4) is 0 Å². The molecule has 152 valence electrons. The maximum Gasteiger partial charge on any atom is 0.315 e. The molecule has 2 amide bonds. The second-order valence-electron chi connectivity index (χ2n) is 7.22. The Balaban J connectivity index is 1.31. The molecule has 1 aliphatic heterocycles. The van der Waals surface area contributed by atoms with Crippen LogP contribution in [0.2, 0.25) is 0 Å². The predicted octanol–water partition coefficient (Wildman–Crippen LogP) is 2.26. The van der Waals surface area contributed by atoms with E-state index in [9.17, 15) is 4.79 Å². The topological polar surface area (TPSA) is 86.5 Å². The van der Waals surface area contributed by atoms with Gasteiger partial charge in [-0.25, -0.2) is 14.8 Å². The summed E-state index contributed by atoms with van der Waals surface area (Å²) in [6.45, 7) is 11.3. The highest BCUT2D eigenvalue weighted by atomic mass is 16.3. The second kappa shape index (κ2) is 9.54. The Labute approximate surface area is 166 Å². The third-order valence-corrected chi connectivity index (χ3v) is 5.04. The van der Waals surface area contributed by atoms with Crippen molar-refractivity contribution in [2.75, 3.05) is 44.2 Å². The van der Waals surface area contributed by atoms with E-state index in [4.69, 9.17) is 4.42 Å². The molecule has 1 atom stereocenters. The van der Waals surface area contributed by atoms with Crippen molar-refractivity contribution < 1.29 is 9.21 Å². The highest BCUT2D eigenvalue weighted by molar-refractivity contribution is 5.74. The fourth-order valence-electron chi connectivity index (χ4n) is 3.54. The van der Waals surface area contributed by atoms with Crippen LogP contribution in [0, 0.1) is 13.8 Å². The molecule has 2 N–H and O–H groups in total. The average molecular weight is 387 g/mol. The maximum atomic E-state index is 12.1. The zero-order chi connectivity index (χ0) is 19.9. The quantitative estimate of drug-likeness (QED) is 0.710. The number of nitrogens with one attached hydrogen (secondary N) is 2. The van der Waals surface area contributed by atoms with E-state index in [1.807, 2.05) is 32.9 Å². The van der Waals surface area contributed by atoms with E-state index in [0.717, 1.165) is 62.2 Å². The van der Waals surface area contributed by atoms with Crippen molar-refractivity contribution in [3.05, 3.63) is 41.6 Å². The third-order valence-electron chi connectivity index (χ3n) is 5.04. The molecule has 0 radical (unpaired) electrons. The molecule has 2 aromatic rings. The van der Waals surface area contributed by atoms with Crippen molar-refractivity contribution in [1.82, 2.24) is 25.5 Å². The monoisotopic (exact) mass is 386 g/mol. The summed E-state index contributed by atoms with van der Waals surface area (Å²) >= 11 is 0. The van der Waals surface area contributed by atoms with Gasteiger partial charge in [0.1, 0.15) is 11.5 Å². The van der Waals surface area contributed by atoms with Gasteiger partial charge in [0.15, 0.2) is 0 Å². The number of nitrogens with zero attached hydrogens (tertiary/aromatic N) is 4. The van der Waals surface area contributed by atoms with Crippen molar-refractivity contribution >= 4 is 12.0 Å². The minimum Gasteiger partial charge on any atom is -0.466 e. The standard InChI is InChI=1S/C20H30N6O2/c1-15-14-18(17(3)28-15)16(2)24-20(27)23-8-5-9-25-10-12-26(13-11-25)19-21-6-4-7-22-19/h4,6-7,14,16H,5,8-13H2,1-3H3,(H2,23,24,27). The van der Waals surface area contributed by atoms with Gasteiger partial charge in [0.2, 0.25) is 5.95 Å². The number of amides is 2. The SMILES string of the molecule is Cc1cc(C(C)NC(=O)NCCCN2CCN(c3ncccn3)CC2)c(C)o1. The van der Waals surface area contributed by atoms with Crippen LogP contribution in [0.15, 0.2) is 28.9 Å². The largest absolute Gasteiger partial charge is 0.466 e. The highest BCUT2D eigenvalue weighted by Gasteiger charge is 2.18. The predicted molar refractivity (Wildman–Crippen MR) is 108 cm³/mol. The summed E-state index contributed by atoms with van der Waals surface area (Å²) in [6, 6.07) is 3.59. The fourth-order valence-corrected chi connectivity index (χ4v) is 3.54. The smallest absolute Gasteiger partial charge is 0.315 e. The zero-order valence-electron chi connectivity index (χ0n) is 16.9. The number of hydrogen-bond donors (Lipinski definition) is 2. The molecule has 0 aliphatic carbocycles. The Morgan fingerprint density at radius 1 is 1.21 bits per heavy atom. The van der Waals surface area contributed by atoms with Gasteiger partial charge in [-0.3, -0.25) is 4.90 Å². The molecule has 3 rings (SSSR count). The van der Waals surface area contributed by atoms with Crippen LogP contribution in [0.25, 0.3) is 0 Å². The Kier molecular flexibility index (Phi) is 6.86. The molecule has 1 unspecified atom stereocenters. The first-order valence-corrected chi connectivity index (χ1v) is 9.88.